The Hall–Kier alpha value is -1.88. The van der Waals surface area contributed by atoms with E-state index in [1.54, 1.807) is 6.20 Å². The maximum Gasteiger partial charge on any atom is 0.238 e. The van der Waals surface area contributed by atoms with Crippen molar-refractivity contribution in [2.45, 2.75) is 31.7 Å². The van der Waals surface area contributed by atoms with E-state index in [0.717, 1.165) is 16.6 Å². The first kappa shape index (κ1) is 12.2. The number of aromatic amines is 1. The maximum absolute atomic E-state index is 11.8. The molecule has 0 radical (unpaired) electrons. The minimum absolute atomic E-state index is 0.00902. The third-order valence-corrected chi connectivity index (χ3v) is 3.63. The van der Waals surface area contributed by atoms with Crippen molar-refractivity contribution < 1.29 is 4.79 Å². The Kier molecular flexibility index (Phi) is 3.46. The van der Waals surface area contributed by atoms with E-state index >= 15 is 0 Å². The third-order valence-electron chi connectivity index (χ3n) is 3.63. The number of anilines is 1. The number of fused-ring (bicyclic) bond motifs is 1. The Bertz CT molecular complexity index is 572. The Balaban J connectivity index is 1.55. The zero-order valence-corrected chi connectivity index (χ0v) is 10.8. The first-order valence-corrected chi connectivity index (χ1v) is 6.77. The highest BCUT2D eigenvalue weighted by molar-refractivity contribution is 5.94. The van der Waals surface area contributed by atoms with Gasteiger partial charge in [0.05, 0.1) is 18.3 Å². The number of hydrogen-bond acceptors (Lipinski definition) is 3. The minimum Gasteiger partial charge on any atom is -0.325 e. The summed E-state index contributed by atoms with van der Waals surface area (Å²) in [6.45, 7) is 0.383. The number of H-pyrrole nitrogens is 1. The molecule has 0 unspecified atom stereocenters. The average Bonchev–Trinajstić information content (AvgIpc) is 3.07. The van der Waals surface area contributed by atoms with Crippen LogP contribution in [0.1, 0.15) is 25.7 Å². The van der Waals surface area contributed by atoms with E-state index in [1.807, 2.05) is 18.2 Å². The molecule has 0 atom stereocenters. The molecular weight excluding hydrogens is 240 g/mol. The summed E-state index contributed by atoms with van der Waals surface area (Å²) in [5.41, 5.74) is 1.79. The smallest absolute Gasteiger partial charge is 0.238 e. The van der Waals surface area contributed by atoms with Crippen LogP contribution in [-0.4, -0.2) is 28.7 Å². The number of amides is 1. The van der Waals surface area contributed by atoms with Gasteiger partial charge in [0.25, 0.3) is 0 Å². The van der Waals surface area contributed by atoms with Crippen molar-refractivity contribution in [1.82, 2.24) is 15.5 Å². The predicted molar refractivity (Wildman–Crippen MR) is 75.0 cm³/mol. The first-order valence-electron chi connectivity index (χ1n) is 6.77. The molecule has 1 aromatic carbocycles. The molecule has 5 nitrogen and oxygen atoms in total. The van der Waals surface area contributed by atoms with Gasteiger partial charge in [0.2, 0.25) is 5.91 Å². The largest absolute Gasteiger partial charge is 0.325 e. The van der Waals surface area contributed by atoms with Gasteiger partial charge in [0.1, 0.15) is 0 Å². The fourth-order valence-electron chi connectivity index (χ4n) is 2.59. The van der Waals surface area contributed by atoms with Gasteiger partial charge in [-0.15, -0.1) is 0 Å². The minimum atomic E-state index is 0.00902. The Morgan fingerprint density at radius 2 is 2.21 bits per heavy atom. The topological polar surface area (TPSA) is 69.8 Å². The van der Waals surface area contributed by atoms with Gasteiger partial charge in [-0.25, -0.2) is 0 Å². The molecular formula is C14H18N4O. The predicted octanol–water partition coefficient (Wildman–Crippen LogP) is 2.03. The molecule has 1 heterocycles. The SMILES string of the molecule is O=C(CNC1CCCC1)Nc1ccc2[nH]ncc2c1. The van der Waals surface area contributed by atoms with Crippen molar-refractivity contribution >= 4 is 22.5 Å². The van der Waals surface area contributed by atoms with Gasteiger partial charge in [-0.1, -0.05) is 12.8 Å². The molecule has 1 aromatic heterocycles. The highest BCUT2D eigenvalue weighted by atomic mass is 16.1. The van der Waals surface area contributed by atoms with Crippen LogP contribution in [0.5, 0.6) is 0 Å². The second-order valence-corrected chi connectivity index (χ2v) is 5.08. The average molecular weight is 258 g/mol. The number of nitrogens with one attached hydrogen (secondary N) is 3. The van der Waals surface area contributed by atoms with Gasteiger partial charge >= 0.3 is 0 Å². The zero-order chi connectivity index (χ0) is 13.1. The van der Waals surface area contributed by atoms with Crippen molar-refractivity contribution in [2.75, 3.05) is 11.9 Å². The van der Waals surface area contributed by atoms with Crippen molar-refractivity contribution in [3.63, 3.8) is 0 Å². The molecule has 1 aliphatic rings. The summed E-state index contributed by atoms with van der Waals surface area (Å²) < 4.78 is 0. The van der Waals surface area contributed by atoms with E-state index in [2.05, 4.69) is 20.8 Å². The standard InChI is InChI=1S/C14H18N4O/c19-14(9-15-11-3-1-2-4-11)17-12-5-6-13-10(7-12)8-16-18-13/h5-8,11,15H,1-4,9H2,(H,16,18)(H,17,19). The monoisotopic (exact) mass is 258 g/mol. The van der Waals surface area contributed by atoms with E-state index in [4.69, 9.17) is 0 Å². The highest BCUT2D eigenvalue weighted by Crippen LogP contribution is 2.18. The lowest BCUT2D eigenvalue weighted by atomic mass is 10.2. The summed E-state index contributed by atoms with van der Waals surface area (Å²) in [6, 6.07) is 6.24. The molecule has 3 rings (SSSR count). The van der Waals surface area contributed by atoms with Gasteiger partial charge in [0.15, 0.2) is 0 Å². The zero-order valence-electron chi connectivity index (χ0n) is 10.8. The Morgan fingerprint density at radius 3 is 3.05 bits per heavy atom. The lowest BCUT2D eigenvalue weighted by molar-refractivity contribution is -0.115. The van der Waals surface area contributed by atoms with E-state index in [-0.39, 0.29) is 5.91 Å². The normalized spacial score (nSPS) is 16.0. The molecule has 1 aliphatic carbocycles. The van der Waals surface area contributed by atoms with Gasteiger partial charge in [-0.05, 0) is 31.0 Å². The van der Waals surface area contributed by atoms with Crippen LogP contribution in [0, 0.1) is 0 Å². The van der Waals surface area contributed by atoms with Crippen LogP contribution in [-0.2, 0) is 4.79 Å². The van der Waals surface area contributed by atoms with Crippen LogP contribution >= 0.6 is 0 Å². The van der Waals surface area contributed by atoms with E-state index in [9.17, 15) is 4.79 Å². The second kappa shape index (κ2) is 5.40. The van der Waals surface area contributed by atoms with Crippen LogP contribution in [0.25, 0.3) is 10.9 Å². The fourth-order valence-corrected chi connectivity index (χ4v) is 2.59. The van der Waals surface area contributed by atoms with Crippen molar-refractivity contribution in [3.05, 3.63) is 24.4 Å². The lowest BCUT2D eigenvalue weighted by Crippen LogP contribution is -2.34. The van der Waals surface area contributed by atoms with Crippen LogP contribution in [0.4, 0.5) is 5.69 Å². The van der Waals surface area contributed by atoms with Crippen LogP contribution in [0.2, 0.25) is 0 Å². The summed E-state index contributed by atoms with van der Waals surface area (Å²) in [7, 11) is 0. The molecule has 2 aromatic rings. The van der Waals surface area contributed by atoms with Gasteiger partial charge in [-0.2, -0.15) is 5.10 Å². The molecule has 1 amide bonds. The van der Waals surface area contributed by atoms with Gasteiger partial charge in [-0.3, -0.25) is 9.89 Å². The van der Waals surface area contributed by atoms with Crippen LogP contribution in [0.3, 0.4) is 0 Å². The molecule has 5 heteroatoms. The second-order valence-electron chi connectivity index (χ2n) is 5.08. The number of carbonyl (C=O) groups is 1. The van der Waals surface area contributed by atoms with E-state index in [0.29, 0.717) is 12.6 Å². The summed E-state index contributed by atoms with van der Waals surface area (Å²) in [6.07, 6.45) is 6.68. The maximum atomic E-state index is 11.8. The van der Waals surface area contributed by atoms with Gasteiger partial charge in [0, 0.05) is 17.1 Å². The van der Waals surface area contributed by atoms with Crippen molar-refractivity contribution in [2.24, 2.45) is 0 Å². The molecule has 3 N–H and O–H groups in total. The lowest BCUT2D eigenvalue weighted by Gasteiger charge is -2.11. The molecule has 100 valence electrons. The molecule has 19 heavy (non-hydrogen) atoms. The molecule has 1 saturated carbocycles. The molecule has 0 saturated heterocycles. The third kappa shape index (κ3) is 2.93. The summed E-state index contributed by atoms with van der Waals surface area (Å²) in [5.74, 6) is 0.00902. The number of aromatic nitrogens is 2. The number of nitrogens with zero attached hydrogens (tertiary/aromatic N) is 1. The molecule has 0 bridgehead atoms. The number of hydrogen-bond donors (Lipinski definition) is 3. The van der Waals surface area contributed by atoms with Crippen LogP contribution in [0.15, 0.2) is 24.4 Å². The first-order chi connectivity index (χ1) is 9.31. The summed E-state index contributed by atoms with van der Waals surface area (Å²) in [5, 5.41) is 14.1. The Morgan fingerprint density at radius 1 is 1.37 bits per heavy atom. The molecule has 1 fully saturated rings. The van der Waals surface area contributed by atoms with E-state index < -0.39 is 0 Å². The Labute approximate surface area is 111 Å². The van der Waals surface area contributed by atoms with Crippen molar-refractivity contribution in [1.29, 1.82) is 0 Å². The quantitative estimate of drug-likeness (QED) is 0.786. The summed E-state index contributed by atoms with van der Waals surface area (Å²) >= 11 is 0. The molecule has 0 aliphatic heterocycles. The fraction of sp³-hybridized carbons (Fsp3) is 0.429. The van der Waals surface area contributed by atoms with E-state index in [1.165, 1.54) is 25.7 Å². The van der Waals surface area contributed by atoms with Crippen molar-refractivity contribution in [3.8, 4) is 0 Å². The highest BCUT2D eigenvalue weighted by Gasteiger charge is 2.15. The summed E-state index contributed by atoms with van der Waals surface area (Å²) in [4.78, 5) is 11.8. The number of rotatable bonds is 4. The van der Waals surface area contributed by atoms with Crippen LogP contribution < -0.4 is 10.6 Å². The number of carbonyl (C=O) groups excluding carboxylic acids is 1. The number of benzene rings is 1. The van der Waals surface area contributed by atoms with Gasteiger partial charge < -0.3 is 10.6 Å². The molecule has 0 spiro atoms.